The molecule has 1 saturated carbocycles. The van der Waals surface area contributed by atoms with Crippen molar-refractivity contribution < 1.29 is 4.92 Å². The number of hydrogen-bond donors (Lipinski definition) is 0. The van der Waals surface area contributed by atoms with Gasteiger partial charge in [-0.25, -0.2) is 4.98 Å². The van der Waals surface area contributed by atoms with Gasteiger partial charge in [0.25, 0.3) is 5.69 Å². The Balaban J connectivity index is 1.71. The third-order valence-electron chi connectivity index (χ3n) is 4.06. The van der Waals surface area contributed by atoms with Crippen LogP contribution in [0.1, 0.15) is 54.3 Å². The molecule has 2 aromatic rings. The van der Waals surface area contributed by atoms with Crippen LogP contribution in [0.15, 0.2) is 29.6 Å². The van der Waals surface area contributed by atoms with Gasteiger partial charge in [0, 0.05) is 23.4 Å². The summed E-state index contributed by atoms with van der Waals surface area (Å²) >= 11 is 1.64. The van der Waals surface area contributed by atoms with E-state index in [1.807, 2.05) is 18.2 Å². The number of non-ortho nitro benzene ring substituents is 1. The molecule has 1 fully saturated rings. The first-order chi connectivity index (χ1) is 10.7. The van der Waals surface area contributed by atoms with Gasteiger partial charge in [0.2, 0.25) is 0 Å². The third kappa shape index (κ3) is 3.60. The highest BCUT2D eigenvalue weighted by Crippen LogP contribution is 2.33. The zero-order valence-electron chi connectivity index (χ0n) is 12.3. The van der Waals surface area contributed by atoms with Crippen LogP contribution in [0.2, 0.25) is 0 Å². The molecule has 3 rings (SSSR count). The van der Waals surface area contributed by atoms with Crippen LogP contribution in [0.5, 0.6) is 0 Å². The average molecular weight is 314 g/mol. The molecule has 0 unspecified atom stereocenters. The van der Waals surface area contributed by atoms with Gasteiger partial charge in [0.15, 0.2) is 0 Å². The molecule has 0 bridgehead atoms. The van der Waals surface area contributed by atoms with Gasteiger partial charge >= 0.3 is 0 Å². The second-order valence-electron chi connectivity index (χ2n) is 5.63. The van der Waals surface area contributed by atoms with Crippen molar-refractivity contribution in [3.05, 3.63) is 56.0 Å². The highest BCUT2D eigenvalue weighted by Gasteiger charge is 2.17. The lowest BCUT2D eigenvalue weighted by Crippen LogP contribution is -2.04. The monoisotopic (exact) mass is 314 g/mol. The SMILES string of the molecule is O=[N+]([O-])c1cccc(C=Cc2nc(C3CCCCC3)cs2)c1. The fourth-order valence-electron chi connectivity index (χ4n) is 2.87. The van der Waals surface area contributed by atoms with E-state index in [9.17, 15) is 10.1 Å². The van der Waals surface area contributed by atoms with E-state index >= 15 is 0 Å². The molecule has 1 aliphatic carbocycles. The molecule has 4 nitrogen and oxygen atoms in total. The third-order valence-corrected chi connectivity index (χ3v) is 4.89. The van der Waals surface area contributed by atoms with Crippen LogP contribution in [0.3, 0.4) is 0 Å². The number of benzene rings is 1. The van der Waals surface area contributed by atoms with Crippen LogP contribution >= 0.6 is 11.3 Å². The summed E-state index contributed by atoms with van der Waals surface area (Å²) < 4.78 is 0. The molecule has 0 spiro atoms. The molecule has 0 radical (unpaired) electrons. The van der Waals surface area contributed by atoms with Gasteiger partial charge in [-0.3, -0.25) is 10.1 Å². The Morgan fingerprint density at radius 2 is 2.05 bits per heavy atom. The van der Waals surface area contributed by atoms with Crippen molar-refractivity contribution in [2.45, 2.75) is 38.0 Å². The molecule has 0 atom stereocenters. The van der Waals surface area contributed by atoms with Crippen LogP contribution in [0, 0.1) is 10.1 Å². The van der Waals surface area contributed by atoms with Crippen LogP contribution < -0.4 is 0 Å². The Hall–Kier alpha value is -2.01. The molecule has 0 aliphatic heterocycles. The average Bonchev–Trinajstić information content (AvgIpc) is 3.03. The number of rotatable bonds is 4. The lowest BCUT2D eigenvalue weighted by Gasteiger charge is -2.19. The minimum absolute atomic E-state index is 0.115. The molecule has 0 saturated heterocycles. The second-order valence-corrected chi connectivity index (χ2v) is 6.52. The van der Waals surface area contributed by atoms with Crippen LogP contribution in [0.25, 0.3) is 12.2 Å². The van der Waals surface area contributed by atoms with Crippen molar-refractivity contribution in [2.75, 3.05) is 0 Å². The minimum Gasteiger partial charge on any atom is -0.258 e. The quantitative estimate of drug-likeness (QED) is 0.570. The number of nitro groups is 1. The van der Waals surface area contributed by atoms with Gasteiger partial charge in [-0.05, 0) is 24.5 Å². The lowest BCUT2D eigenvalue weighted by atomic mass is 9.87. The minimum atomic E-state index is -0.373. The Morgan fingerprint density at radius 3 is 2.82 bits per heavy atom. The van der Waals surface area contributed by atoms with Gasteiger partial charge in [-0.1, -0.05) is 37.5 Å². The summed E-state index contributed by atoms with van der Waals surface area (Å²) in [6, 6.07) is 6.64. The Labute approximate surface area is 133 Å². The van der Waals surface area contributed by atoms with Crippen molar-refractivity contribution in [1.82, 2.24) is 4.98 Å². The standard InChI is InChI=1S/C17H18N2O2S/c20-19(21)15-8-4-5-13(11-15)9-10-17-18-16(12-22-17)14-6-2-1-3-7-14/h4-5,8-12,14H,1-3,6-7H2. The molecule has 1 aromatic carbocycles. The predicted octanol–water partition coefficient (Wildman–Crippen LogP) is 5.27. The summed E-state index contributed by atoms with van der Waals surface area (Å²) in [7, 11) is 0. The van der Waals surface area contributed by atoms with E-state index in [0.717, 1.165) is 10.6 Å². The number of thiazole rings is 1. The highest BCUT2D eigenvalue weighted by molar-refractivity contribution is 7.10. The molecule has 1 aromatic heterocycles. The summed E-state index contributed by atoms with van der Waals surface area (Å²) in [4.78, 5) is 15.1. The molecule has 114 valence electrons. The molecule has 1 heterocycles. The molecule has 5 heteroatoms. The number of nitrogens with zero attached hydrogens (tertiary/aromatic N) is 2. The van der Waals surface area contributed by atoms with E-state index in [1.54, 1.807) is 23.5 Å². The molecular weight excluding hydrogens is 296 g/mol. The highest BCUT2D eigenvalue weighted by atomic mass is 32.1. The van der Waals surface area contributed by atoms with Crippen molar-refractivity contribution in [3.8, 4) is 0 Å². The van der Waals surface area contributed by atoms with Crippen molar-refractivity contribution in [3.63, 3.8) is 0 Å². The number of nitro benzene ring substituents is 1. The van der Waals surface area contributed by atoms with Gasteiger partial charge in [-0.2, -0.15) is 0 Å². The van der Waals surface area contributed by atoms with Crippen molar-refractivity contribution >= 4 is 29.2 Å². The predicted molar refractivity (Wildman–Crippen MR) is 90.0 cm³/mol. The molecule has 1 aliphatic rings. The van der Waals surface area contributed by atoms with Gasteiger partial charge < -0.3 is 0 Å². The summed E-state index contributed by atoms with van der Waals surface area (Å²) in [6.45, 7) is 0. The summed E-state index contributed by atoms with van der Waals surface area (Å²) in [5.74, 6) is 0.616. The fraction of sp³-hybridized carbons (Fsp3) is 0.353. The van der Waals surface area contributed by atoms with Crippen LogP contribution in [0.4, 0.5) is 5.69 Å². The van der Waals surface area contributed by atoms with Crippen LogP contribution in [-0.2, 0) is 0 Å². The maximum atomic E-state index is 10.8. The second kappa shape index (κ2) is 6.83. The molecule has 0 N–H and O–H groups in total. The zero-order valence-corrected chi connectivity index (χ0v) is 13.1. The summed E-state index contributed by atoms with van der Waals surface area (Å²) in [6.07, 6.45) is 10.3. The van der Waals surface area contributed by atoms with E-state index in [2.05, 4.69) is 5.38 Å². The van der Waals surface area contributed by atoms with Gasteiger partial charge in [0.05, 0.1) is 10.6 Å². The lowest BCUT2D eigenvalue weighted by molar-refractivity contribution is -0.384. The zero-order chi connectivity index (χ0) is 15.4. The number of aromatic nitrogens is 1. The first-order valence-corrected chi connectivity index (χ1v) is 8.48. The Kier molecular flexibility index (Phi) is 4.63. The van der Waals surface area contributed by atoms with E-state index in [1.165, 1.54) is 43.9 Å². The van der Waals surface area contributed by atoms with E-state index < -0.39 is 0 Å². The molecule has 22 heavy (non-hydrogen) atoms. The fourth-order valence-corrected chi connectivity index (χ4v) is 3.66. The number of hydrogen-bond acceptors (Lipinski definition) is 4. The van der Waals surface area contributed by atoms with Gasteiger partial charge in [-0.15, -0.1) is 11.3 Å². The summed E-state index contributed by atoms with van der Waals surface area (Å²) in [5, 5.41) is 13.9. The maximum absolute atomic E-state index is 10.8. The van der Waals surface area contributed by atoms with Gasteiger partial charge in [0.1, 0.15) is 5.01 Å². The molecular formula is C17H18N2O2S. The van der Waals surface area contributed by atoms with E-state index in [-0.39, 0.29) is 10.6 Å². The normalized spacial score (nSPS) is 16.2. The Morgan fingerprint density at radius 1 is 1.23 bits per heavy atom. The van der Waals surface area contributed by atoms with E-state index in [4.69, 9.17) is 4.98 Å². The van der Waals surface area contributed by atoms with E-state index in [0.29, 0.717) is 5.92 Å². The van der Waals surface area contributed by atoms with Crippen LogP contribution in [-0.4, -0.2) is 9.91 Å². The first-order valence-electron chi connectivity index (χ1n) is 7.60. The summed E-state index contributed by atoms with van der Waals surface area (Å²) in [5.41, 5.74) is 2.15. The van der Waals surface area contributed by atoms with Crippen molar-refractivity contribution in [1.29, 1.82) is 0 Å². The smallest absolute Gasteiger partial charge is 0.258 e. The first kappa shape index (κ1) is 14.9. The molecule has 0 amide bonds. The largest absolute Gasteiger partial charge is 0.270 e. The maximum Gasteiger partial charge on any atom is 0.270 e. The van der Waals surface area contributed by atoms with Crippen molar-refractivity contribution in [2.24, 2.45) is 0 Å². The Bertz CT molecular complexity index is 687. The topological polar surface area (TPSA) is 56.0 Å².